The van der Waals surface area contributed by atoms with E-state index in [1.807, 2.05) is 0 Å². The van der Waals surface area contributed by atoms with Crippen LogP contribution in [0, 0.1) is 5.92 Å². The predicted molar refractivity (Wildman–Crippen MR) is 225 cm³/mol. The Hall–Kier alpha value is -8.47. The predicted octanol–water partition coefficient (Wildman–Crippen LogP) is 7.26. The molecular formula is C47H40O17. The van der Waals surface area contributed by atoms with E-state index in [4.69, 9.17) is 37.9 Å². The molecule has 17 heteroatoms. The number of hydrogen-bond acceptors (Lipinski definition) is 17. The van der Waals surface area contributed by atoms with Crippen molar-refractivity contribution in [3.05, 3.63) is 120 Å². The van der Waals surface area contributed by atoms with Crippen LogP contribution >= 0.6 is 0 Å². The summed E-state index contributed by atoms with van der Waals surface area (Å²) in [6.45, 7) is 23.3. The molecule has 0 saturated heterocycles. The number of benzene rings is 4. The third kappa shape index (κ3) is 12.3. The molecule has 0 heterocycles. The van der Waals surface area contributed by atoms with Gasteiger partial charge in [-0.05, 0) is 87.0 Å². The van der Waals surface area contributed by atoms with E-state index in [-0.39, 0.29) is 44.9 Å². The first-order chi connectivity index (χ1) is 29.9. The lowest BCUT2D eigenvalue weighted by Crippen LogP contribution is -2.21. The van der Waals surface area contributed by atoms with Crippen molar-refractivity contribution in [2.75, 3.05) is 0 Å². The minimum atomic E-state index is -1.39. The molecule has 0 aliphatic rings. The first kappa shape index (κ1) is 48.2. The van der Waals surface area contributed by atoms with Gasteiger partial charge in [-0.2, -0.15) is 0 Å². The molecular weight excluding hydrogens is 836 g/mol. The van der Waals surface area contributed by atoms with Crippen molar-refractivity contribution in [1.82, 2.24) is 0 Å². The molecule has 0 N–H and O–H groups in total. The fraction of sp³-hybridized carbons (Fsp3) is 0.170. The van der Waals surface area contributed by atoms with Crippen molar-refractivity contribution in [2.24, 2.45) is 5.92 Å². The molecule has 4 rings (SSSR count). The number of hydrogen-bond donors (Lipinski definition) is 0. The SMILES string of the molecule is C=C(C)C(=O)Oc1cc(C(=O)Oc2ccc3cc(OC(=O)c4cc(OC(=O)C(=C)C)c(OC(=O)C(C)=O)c(OC(=O)C(C)C)c4)ccc3c2)cc(OC(=O)C(=C)C)c1OC(=O)C(=C)C. The zero-order valence-corrected chi connectivity index (χ0v) is 35.6. The van der Waals surface area contributed by atoms with Gasteiger partial charge in [0.1, 0.15) is 11.5 Å². The van der Waals surface area contributed by atoms with Gasteiger partial charge >= 0.3 is 47.8 Å². The monoisotopic (exact) mass is 876 g/mol. The Balaban J connectivity index is 1.68. The van der Waals surface area contributed by atoms with Crippen LogP contribution in [-0.4, -0.2) is 53.5 Å². The smallest absolute Gasteiger partial charge is 0.379 e. The number of Topliss-reactive ketones (excluding diaryl/α,β-unsaturated/α-hetero) is 1. The van der Waals surface area contributed by atoms with Gasteiger partial charge in [0, 0.05) is 29.2 Å². The molecule has 64 heavy (non-hydrogen) atoms. The molecule has 0 saturated carbocycles. The van der Waals surface area contributed by atoms with Crippen LogP contribution in [0.3, 0.4) is 0 Å². The van der Waals surface area contributed by atoms with Crippen LogP contribution in [-0.2, 0) is 33.6 Å². The molecule has 0 aliphatic heterocycles. The van der Waals surface area contributed by atoms with Crippen LogP contribution in [0.5, 0.6) is 46.0 Å². The standard InChI is InChI=1S/C47H40O17/c1-22(2)40(49)59-34-18-30(19-35(60-41(50)23(3)4)38(34)63-44(53)26(9)10)46(55)57-32-14-12-29-17-33(15-13-28(29)16-32)58-47(56)31-20-36(61-42(51)24(5)6)39(64-45(54)27(11)48)37(21-31)62-43(52)25(7)8/h12-21,25H,1,3,5,9H2,2,4,6-8,10-11H3. The highest BCUT2D eigenvalue weighted by Gasteiger charge is 2.29. The maximum absolute atomic E-state index is 13.6. The van der Waals surface area contributed by atoms with Gasteiger partial charge in [0.15, 0.2) is 23.0 Å². The van der Waals surface area contributed by atoms with Crippen molar-refractivity contribution in [1.29, 1.82) is 0 Å². The molecule has 0 radical (unpaired) electrons. The molecule has 0 aliphatic carbocycles. The Morgan fingerprint density at radius 1 is 0.406 bits per heavy atom. The molecule has 0 spiro atoms. The summed E-state index contributed by atoms with van der Waals surface area (Å²) in [5, 5.41) is 0.957. The average molecular weight is 877 g/mol. The Kier molecular flexibility index (Phi) is 15.4. The first-order valence-electron chi connectivity index (χ1n) is 18.7. The van der Waals surface area contributed by atoms with Gasteiger partial charge in [-0.1, -0.05) is 52.3 Å². The molecule has 0 fully saturated rings. The Morgan fingerprint density at radius 3 is 1.03 bits per heavy atom. The van der Waals surface area contributed by atoms with E-state index >= 15 is 0 Å². The van der Waals surface area contributed by atoms with E-state index in [0.717, 1.165) is 31.2 Å². The molecule has 0 unspecified atom stereocenters. The van der Waals surface area contributed by atoms with E-state index in [0.29, 0.717) is 10.8 Å². The van der Waals surface area contributed by atoms with Gasteiger partial charge in [-0.15, -0.1) is 0 Å². The second kappa shape index (κ2) is 20.4. The number of carbonyl (C=O) groups excluding carboxylic acids is 9. The van der Waals surface area contributed by atoms with Crippen molar-refractivity contribution < 1.29 is 81.0 Å². The third-order valence-corrected chi connectivity index (χ3v) is 8.08. The van der Waals surface area contributed by atoms with Gasteiger partial charge in [0.2, 0.25) is 17.3 Å². The second-order valence-electron chi connectivity index (χ2n) is 14.3. The lowest BCUT2D eigenvalue weighted by molar-refractivity contribution is -0.146. The molecule has 4 aromatic carbocycles. The van der Waals surface area contributed by atoms with Gasteiger partial charge in [0.05, 0.1) is 17.0 Å². The van der Waals surface area contributed by atoms with E-state index in [9.17, 15) is 43.2 Å². The Bertz CT molecular complexity index is 2680. The summed E-state index contributed by atoms with van der Waals surface area (Å²) < 4.78 is 43.0. The molecule has 17 nitrogen and oxygen atoms in total. The Labute approximate surface area is 365 Å². The van der Waals surface area contributed by atoms with E-state index < -0.39 is 94.0 Å². The fourth-order valence-electron chi connectivity index (χ4n) is 4.69. The summed E-state index contributed by atoms with van der Waals surface area (Å²) in [4.78, 5) is 114. The highest BCUT2D eigenvalue weighted by molar-refractivity contribution is 6.33. The van der Waals surface area contributed by atoms with Gasteiger partial charge in [-0.25, -0.2) is 33.6 Å². The van der Waals surface area contributed by atoms with Crippen LogP contribution < -0.4 is 37.9 Å². The zero-order chi connectivity index (χ0) is 47.7. The van der Waals surface area contributed by atoms with E-state index in [1.165, 1.54) is 77.9 Å². The van der Waals surface area contributed by atoms with Crippen LogP contribution in [0.15, 0.2) is 109 Å². The summed E-state index contributed by atoms with van der Waals surface area (Å²) >= 11 is 0. The summed E-state index contributed by atoms with van der Waals surface area (Å²) in [6, 6.07) is 12.8. The molecule has 0 atom stereocenters. The summed E-state index contributed by atoms with van der Waals surface area (Å²) in [5.74, 6) is -13.2. The molecule has 4 aromatic rings. The van der Waals surface area contributed by atoms with Gasteiger partial charge < -0.3 is 37.9 Å². The topological polar surface area (TPSA) is 227 Å². The second-order valence-corrected chi connectivity index (χ2v) is 14.3. The lowest BCUT2D eigenvalue weighted by atomic mass is 10.1. The highest BCUT2D eigenvalue weighted by Crippen LogP contribution is 2.42. The molecule has 0 bridgehead atoms. The largest absolute Gasteiger partial charge is 0.423 e. The van der Waals surface area contributed by atoms with Gasteiger partial charge in [-0.3, -0.25) is 9.59 Å². The molecule has 0 aromatic heterocycles. The number of fused-ring (bicyclic) bond motifs is 1. The summed E-state index contributed by atoms with van der Waals surface area (Å²) in [7, 11) is 0. The van der Waals surface area contributed by atoms with Crippen molar-refractivity contribution in [3.63, 3.8) is 0 Å². The van der Waals surface area contributed by atoms with Crippen molar-refractivity contribution >= 4 is 64.3 Å². The lowest BCUT2D eigenvalue weighted by Gasteiger charge is -2.17. The minimum Gasteiger partial charge on any atom is -0.423 e. The normalized spacial score (nSPS) is 10.4. The van der Waals surface area contributed by atoms with Crippen molar-refractivity contribution in [3.8, 4) is 46.0 Å². The minimum absolute atomic E-state index is 0.00310. The fourth-order valence-corrected chi connectivity index (χ4v) is 4.69. The van der Waals surface area contributed by atoms with Gasteiger partial charge in [0.25, 0.3) is 0 Å². The quantitative estimate of drug-likeness (QED) is 0.0467. The number of rotatable bonds is 16. The molecule has 330 valence electrons. The average Bonchev–Trinajstić information content (AvgIpc) is 3.22. The number of carbonyl (C=O) groups is 9. The molecule has 0 amide bonds. The zero-order valence-electron chi connectivity index (χ0n) is 35.6. The maximum Gasteiger partial charge on any atom is 0.379 e. The van der Waals surface area contributed by atoms with Crippen LogP contribution in [0.2, 0.25) is 0 Å². The summed E-state index contributed by atoms with van der Waals surface area (Å²) in [5.41, 5.74) is -0.900. The summed E-state index contributed by atoms with van der Waals surface area (Å²) in [6.07, 6.45) is 0. The number of esters is 8. The maximum atomic E-state index is 13.6. The Morgan fingerprint density at radius 2 is 0.719 bits per heavy atom. The van der Waals surface area contributed by atoms with Crippen LogP contribution in [0.25, 0.3) is 10.8 Å². The first-order valence-corrected chi connectivity index (χ1v) is 18.7. The van der Waals surface area contributed by atoms with E-state index in [1.54, 1.807) is 0 Å². The number of ether oxygens (including phenoxy) is 8. The van der Waals surface area contributed by atoms with Crippen LogP contribution in [0.4, 0.5) is 0 Å². The number of ketones is 1. The van der Waals surface area contributed by atoms with Crippen molar-refractivity contribution in [2.45, 2.75) is 48.5 Å². The third-order valence-electron chi connectivity index (χ3n) is 8.08. The van der Waals surface area contributed by atoms with E-state index in [2.05, 4.69) is 26.3 Å². The highest BCUT2D eigenvalue weighted by atomic mass is 16.6. The van der Waals surface area contributed by atoms with Crippen LogP contribution in [0.1, 0.15) is 69.2 Å².